The van der Waals surface area contributed by atoms with E-state index in [1.54, 1.807) is 12.1 Å². The Morgan fingerprint density at radius 1 is 0.944 bits per heavy atom. The van der Waals surface area contributed by atoms with Crippen LogP contribution in [-0.2, 0) is 4.79 Å². The minimum absolute atomic E-state index is 0.0984. The number of aliphatic carboxylic acids is 1. The fourth-order valence-electron chi connectivity index (χ4n) is 1.57. The topological polar surface area (TPSA) is 49.3 Å². The number of nitrogens with one attached hydrogen (secondary N) is 1. The second kappa shape index (κ2) is 5.19. The van der Waals surface area contributed by atoms with Crippen molar-refractivity contribution >= 4 is 22.9 Å². The smallest absolute Gasteiger partial charge is 0.335 e. The van der Waals surface area contributed by atoms with Gasteiger partial charge in [-0.3, -0.25) is 0 Å². The monoisotopic (exact) mass is 239 g/mol. The van der Waals surface area contributed by atoms with Crippen molar-refractivity contribution in [1.82, 2.24) is 0 Å². The van der Waals surface area contributed by atoms with E-state index in [0.29, 0.717) is 5.56 Å². The predicted octanol–water partition coefficient (Wildman–Crippen LogP) is 3.53. The summed E-state index contributed by atoms with van der Waals surface area (Å²) >= 11 is 0. The van der Waals surface area contributed by atoms with Crippen LogP contribution in [0, 0.1) is 0 Å². The lowest BCUT2D eigenvalue weighted by Crippen LogP contribution is -1.98. The molecule has 0 aliphatic heterocycles. The van der Waals surface area contributed by atoms with Gasteiger partial charge < -0.3 is 10.4 Å². The summed E-state index contributed by atoms with van der Waals surface area (Å²) in [5.41, 5.74) is 2.60. The summed E-state index contributed by atoms with van der Waals surface area (Å²) in [5, 5.41) is 12.0. The third-order valence-electron chi connectivity index (χ3n) is 2.55. The van der Waals surface area contributed by atoms with Crippen molar-refractivity contribution in [3.8, 4) is 0 Å². The lowest BCUT2D eigenvalue weighted by Gasteiger charge is -2.07. The molecule has 0 spiro atoms. The first-order valence-electron chi connectivity index (χ1n) is 5.51. The maximum atomic E-state index is 10.8. The molecule has 0 fully saturated rings. The molecule has 0 amide bonds. The van der Waals surface area contributed by atoms with Crippen molar-refractivity contribution in [3.05, 3.63) is 66.7 Å². The zero-order valence-electron chi connectivity index (χ0n) is 9.76. The Bertz CT molecular complexity index is 559. The molecule has 2 rings (SSSR count). The molecule has 0 aliphatic rings. The number of carboxylic acids is 1. The van der Waals surface area contributed by atoms with Crippen molar-refractivity contribution in [2.45, 2.75) is 0 Å². The molecule has 0 bridgehead atoms. The molecule has 0 saturated heterocycles. The Morgan fingerprint density at radius 2 is 1.50 bits per heavy atom. The number of para-hydroxylation sites is 1. The molecular weight excluding hydrogens is 226 g/mol. The highest BCUT2D eigenvalue weighted by Crippen LogP contribution is 2.19. The van der Waals surface area contributed by atoms with Gasteiger partial charge >= 0.3 is 5.97 Å². The first-order chi connectivity index (χ1) is 8.66. The van der Waals surface area contributed by atoms with Crippen molar-refractivity contribution in [3.63, 3.8) is 0 Å². The fourth-order valence-corrected chi connectivity index (χ4v) is 1.57. The van der Waals surface area contributed by atoms with Gasteiger partial charge in [0.2, 0.25) is 0 Å². The lowest BCUT2D eigenvalue weighted by molar-refractivity contribution is -0.130. The van der Waals surface area contributed by atoms with E-state index in [1.165, 1.54) is 0 Å². The molecule has 0 radical (unpaired) electrons. The van der Waals surface area contributed by atoms with E-state index in [-0.39, 0.29) is 5.57 Å². The number of hydrogen-bond acceptors (Lipinski definition) is 2. The van der Waals surface area contributed by atoms with Gasteiger partial charge in [0.15, 0.2) is 0 Å². The molecule has 0 saturated carbocycles. The van der Waals surface area contributed by atoms with Crippen molar-refractivity contribution in [1.29, 1.82) is 0 Å². The lowest BCUT2D eigenvalue weighted by atomic mass is 10.1. The second-order valence-electron chi connectivity index (χ2n) is 3.85. The summed E-state index contributed by atoms with van der Waals surface area (Å²) in [6.45, 7) is 3.52. The highest BCUT2D eigenvalue weighted by molar-refractivity contribution is 6.14. The van der Waals surface area contributed by atoms with Crippen LogP contribution in [-0.4, -0.2) is 11.1 Å². The van der Waals surface area contributed by atoms with Gasteiger partial charge in [0.05, 0.1) is 5.57 Å². The summed E-state index contributed by atoms with van der Waals surface area (Å²) in [5.74, 6) is -1.00. The third-order valence-corrected chi connectivity index (χ3v) is 2.55. The van der Waals surface area contributed by atoms with Gasteiger partial charge in [0.25, 0.3) is 0 Å². The Morgan fingerprint density at radius 3 is 2.06 bits per heavy atom. The van der Waals surface area contributed by atoms with Crippen LogP contribution in [0.4, 0.5) is 11.4 Å². The average Bonchev–Trinajstić information content (AvgIpc) is 2.40. The van der Waals surface area contributed by atoms with Crippen LogP contribution >= 0.6 is 0 Å². The van der Waals surface area contributed by atoms with Gasteiger partial charge in [-0.25, -0.2) is 4.79 Å². The van der Waals surface area contributed by atoms with Crippen LogP contribution in [0.3, 0.4) is 0 Å². The van der Waals surface area contributed by atoms with Crippen molar-refractivity contribution in [2.75, 3.05) is 5.32 Å². The highest BCUT2D eigenvalue weighted by atomic mass is 16.4. The zero-order valence-corrected chi connectivity index (χ0v) is 9.76. The molecular formula is C15H13NO2. The summed E-state index contributed by atoms with van der Waals surface area (Å²) in [7, 11) is 0. The molecule has 0 atom stereocenters. The number of carboxylic acid groups (broad SMARTS) is 1. The van der Waals surface area contributed by atoms with Crippen molar-refractivity contribution < 1.29 is 9.90 Å². The van der Waals surface area contributed by atoms with E-state index < -0.39 is 5.97 Å². The number of rotatable bonds is 4. The van der Waals surface area contributed by atoms with Crippen LogP contribution in [0.15, 0.2) is 61.2 Å². The first-order valence-corrected chi connectivity index (χ1v) is 5.51. The summed E-state index contributed by atoms with van der Waals surface area (Å²) < 4.78 is 0. The van der Waals surface area contributed by atoms with Crippen LogP contribution < -0.4 is 5.32 Å². The summed E-state index contributed by atoms with van der Waals surface area (Å²) in [6, 6.07) is 16.9. The predicted molar refractivity (Wildman–Crippen MR) is 72.8 cm³/mol. The molecule has 3 heteroatoms. The number of carbonyl (C=O) groups is 1. The van der Waals surface area contributed by atoms with Gasteiger partial charge in [-0.15, -0.1) is 0 Å². The molecule has 0 aromatic heterocycles. The first kappa shape index (κ1) is 11.9. The summed E-state index contributed by atoms with van der Waals surface area (Å²) in [4.78, 5) is 10.8. The summed E-state index contributed by atoms with van der Waals surface area (Å²) in [6.07, 6.45) is 0. The van der Waals surface area contributed by atoms with Crippen LogP contribution in [0.2, 0.25) is 0 Å². The maximum Gasteiger partial charge on any atom is 0.335 e. The second-order valence-corrected chi connectivity index (χ2v) is 3.85. The number of benzene rings is 2. The van der Waals surface area contributed by atoms with Gasteiger partial charge in [-0.05, 0) is 29.8 Å². The fraction of sp³-hybridized carbons (Fsp3) is 0. The standard InChI is InChI=1S/C15H13NO2/c1-11(15(17)18)12-7-9-14(10-8-12)16-13-5-3-2-4-6-13/h2-10,16H,1H2,(H,17,18). The molecule has 2 aromatic rings. The van der Waals surface area contributed by atoms with E-state index in [9.17, 15) is 4.79 Å². The molecule has 90 valence electrons. The Kier molecular flexibility index (Phi) is 3.44. The van der Waals surface area contributed by atoms with E-state index in [2.05, 4.69) is 11.9 Å². The maximum absolute atomic E-state index is 10.8. The van der Waals surface area contributed by atoms with Gasteiger partial charge in [-0.2, -0.15) is 0 Å². The highest BCUT2D eigenvalue weighted by Gasteiger charge is 2.06. The van der Waals surface area contributed by atoms with E-state index >= 15 is 0 Å². The van der Waals surface area contributed by atoms with Crippen molar-refractivity contribution in [2.24, 2.45) is 0 Å². The number of anilines is 2. The molecule has 2 aromatic carbocycles. The van der Waals surface area contributed by atoms with E-state index in [0.717, 1.165) is 11.4 Å². The van der Waals surface area contributed by atoms with Gasteiger partial charge in [0, 0.05) is 11.4 Å². The molecule has 18 heavy (non-hydrogen) atoms. The zero-order chi connectivity index (χ0) is 13.0. The SMILES string of the molecule is C=C(C(=O)O)c1ccc(Nc2ccccc2)cc1. The largest absolute Gasteiger partial charge is 0.478 e. The molecule has 0 unspecified atom stereocenters. The minimum Gasteiger partial charge on any atom is -0.478 e. The molecule has 3 nitrogen and oxygen atoms in total. The van der Waals surface area contributed by atoms with E-state index in [1.807, 2.05) is 42.5 Å². The normalized spacial score (nSPS) is 9.78. The molecule has 2 N–H and O–H groups in total. The quantitative estimate of drug-likeness (QED) is 0.802. The minimum atomic E-state index is -1.00. The average molecular weight is 239 g/mol. The Hall–Kier alpha value is -2.55. The van der Waals surface area contributed by atoms with E-state index in [4.69, 9.17) is 5.11 Å². The van der Waals surface area contributed by atoms with Crippen LogP contribution in [0.5, 0.6) is 0 Å². The molecule has 0 heterocycles. The van der Waals surface area contributed by atoms with Gasteiger partial charge in [-0.1, -0.05) is 36.9 Å². The molecule has 0 aliphatic carbocycles. The Labute approximate surface area is 105 Å². The van der Waals surface area contributed by atoms with Crippen LogP contribution in [0.1, 0.15) is 5.56 Å². The van der Waals surface area contributed by atoms with Gasteiger partial charge in [0.1, 0.15) is 0 Å². The van der Waals surface area contributed by atoms with Crippen LogP contribution in [0.25, 0.3) is 5.57 Å². The third kappa shape index (κ3) is 2.77. The number of hydrogen-bond donors (Lipinski definition) is 2. The Balaban J connectivity index is 2.13.